The number of hydrogen-bond donors (Lipinski definition) is 2. The molecule has 2 aromatic carbocycles. The molecule has 1 amide bonds. The summed E-state index contributed by atoms with van der Waals surface area (Å²) in [5.74, 6) is -0.703. The van der Waals surface area contributed by atoms with Gasteiger partial charge in [0.05, 0.1) is 36.0 Å². The second-order valence-electron chi connectivity index (χ2n) is 6.87. The summed E-state index contributed by atoms with van der Waals surface area (Å²) in [5, 5.41) is 8.87. The van der Waals surface area contributed by atoms with Gasteiger partial charge in [-0.05, 0) is 42.0 Å². The van der Waals surface area contributed by atoms with Gasteiger partial charge < -0.3 is 14.8 Å². The van der Waals surface area contributed by atoms with Crippen LogP contribution >= 0.6 is 22.9 Å². The van der Waals surface area contributed by atoms with Crippen molar-refractivity contribution in [1.29, 1.82) is 0 Å². The normalized spacial score (nSPS) is 11.3. The lowest BCUT2D eigenvalue weighted by molar-refractivity contribution is -0.143. The summed E-state index contributed by atoms with van der Waals surface area (Å²) < 4.78 is 48.3. The van der Waals surface area contributed by atoms with Gasteiger partial charge in [-0.2, -0.15) is 18.3 Å². The fraction of sp³-hybridized carbons (Fsp3) is 0.182. The molecule has 0 aliphatic carbocycles. The summed E-state index contributed by atoms with van der Waals surface area (Å²) in [6.45, 7) is -0.284. The fourth-order valence-corrected chi connectivity index (χ4v) is 3.61. The molecule has 0 saturated heterocycles. The molecule has 0 atom stereocenters. The zero-order valence-electron chi connectivity index (χ0n) is 18.1. The molecule has 0 bridgehead atoms. The zero-order valence-corrected chi connectivity index (χ0v) is 19.6. The van der Waals surface area contributed by atoms with E-state index in [-0.39, 0.29) is 29.5 Å². The summed E-state index contributed by atoms with van der Waals surface area (Å²) in [7, 11) is 1.24. The lowest BCUT2D eigenvalue weighted by Crippen LogP contribution is -2.19. The highest BCUT2D eigenvalue weighted by molar-refractivity contribution is 7.13. The number of nitrogens with one attached hydrogen (secondary N) is 2. The average Bonchev–Trinajstić information content (AvgIpc) is 3.24. The number of esters is 1. The Balaban J connectivity index is 1.51. The Morgan fingerprint density at radius 1 is 1.23 bits per heavy atom. The van der Waals surface area contributed by atoms with Gasteiger partial charge in [-0.15, -0.1) is 11.3 Å². The van der Waals surface area contributed by atoms with Gasteiger partial charge in [0, 0.05) is 11.1 Å². The molecule has 0 radical (unpaired) electrons. The topological polar surface area (TPSA) is 102 Å². The number of hydrogen-bond acceptors (Lipinski definition) is 8. The largest absolute Gasteiger partial charge is 0.480 e. The molecule has 0 aliphatic rings. The van der Waals surface area contributed by atoms with Crippen LogP contribution in [0.15, 0.2) is 52.9 Å². The van der Waals surface area contributed by atoms with E-state index in [2.05, 4.69) is 25.6 Å². The van der Waals surface area contributed by atoms with Crippen molar-refractivity contribution in [1.82, 2.24) is 10.4 Å². The number of ether oxygens (including phenoxy) is 2. The van der Waals surface area contributed by atoms with Crippen molar-refractivity contribution in [3.8, 4) is 5.75 Å². The van der Waals surface area contributed by atoms with Crippen molar-refractivity contribution >= 4 is 51.8 Å². The number of aromatic nitrogens is 1. The first-order valence-corrected chi connectivity index (χ1v) is 11.1. The standard InChI is InChI=1S/C22H18ClF3N4O4S/c1-33-20(32)11-34-18-6-5-13(7-17(18)23)10-27-30-19(31)9-16-12-35-21(29-16)28-15-4-2-3-14(8-15)22(24,25)26/h2-8,10,12H,9,11H2,1H3,(H,28,29)(H,30,31)/b27-10-. The van der Waals surface area contributed by atoms with Gasteiger partial charge in [0.1, 0.15) is 5.75 Å². The van der Waals surface area contributed by atoms with Crippen LogP contribution in [0.1, 0.15) is 16.8 Å². The molecule has 0 unspecified atom stereocenters. The molecule has 3 aromatic rings. The van der Waals surface area contributed by atoms with Crippen LogP contribution in [0.4, 0.5) is 24.0 Å². The number of benzene rings is 2. The van der Waals surface area contributed by atoms with Crippen LogP contribution in [-0.4, -0.2) is 36.8 Å². The van der Waals surface area contributed by atoms with Crippen LogP contribution < -0.4 is 15.5 Å². The Kier molecular flexibility index (Phi) is 8.66. The molecule has 0 saturated carbocycles. The van der Waals surface area contributed by atoms with Gasteiger partial charge in [-0.25, -0.2) is 15.2 Å². The van der Waals surface area contributed by atoms with Crippen LogP contribution in [0.3, 0.4) is 0 Å². The summed E-state index contributed by atoms with van der Waals surface area (Å²) in [5.41, 5.74) is 2.81. The second kappa shape index (κ2) is 11.7. The van der Waals surface area contributed by atoms with Crippen molar-refractivity contribution in [2.75, 3.05) is 19.0 Å². The van der Waals surface area contributed by atoms with E-state index in [9.17, 15) is 22.8 Å². The van der Waals surface area contributed by atoms with Gasteiger partial charge >= 0.3 is 12.1 Å². The summed E-state index contributed by atoms with van der Waals surface area (Å²) >= 11 is 7.25. The number of methoxy groups -OCH3 is 1. The van der Waals surface area contributed by atoms with E-state index in [0.29, 0.717) is 16.4 Å². The Morgan fingerprint density at radius 2 is 2.03 bits per heavy atom. The predicted octanol–water partition coefficient (Wildman–Crippen LogP) is 4.80. The maximum atomic E-state index is 12.8. The number of alkyl halides is 3. The molecule has 1 heterocycles. The number of hydrazone groups is 1. The molecule has 0 spiro atoms. The van der Waals surface area contributed by atoms with Gasteiger partial charge in [0.15, 0.2) is 11.7 Å². The molecule has 8 nitrogen and oxygen atoms in total. The first kappa shape index (κ1) is 26.0. The van der Waals surface area contributed by atoms with Crippen molar-refractivity contribution in [3.05, 3.63) is 69.7 Å². The highest BCUT2D eigenvalue weighted by Crippen LogP contribution is 2.32. The second-order valence-corrected chi connectivity index (χ2v) is 8.14. The Morgan fingerprint density at radius 3 is 2.74 bits per heavy atom. The summed E-state index contributed by atoms with van der Waals surface area (Å²) in [6, 6.07) is 9.44. The first-order valence-electron chi connectivity index (χ1n) is 9.84. The lowest BCUT2D eigenvalue weighted by atomic mass is 10.2. The van der Waals surface area contributed by atoms with Crippen molar-refractivity contribution < 1.29 is 32.2 Å². The molecule has 0 fully saturated rings. The number of nitrogens with zero attached hydrogens (tertiary/aromatic N) is 2. The molecule has 13 heteroatoms. The van der Waals surface area contributed by atoms with Crippen molar-refractivity contribution in [2.24, 2.45) is 5.10 Å². The Labute approximate surface area is 206 Å². The third-order valence-corrected chi connectivity index (χ3v) is 5.37. The number of thiazole rings is 1. The monoisotopic (exact) mass is 526 g/mol. The Hall–Kier alpha value is -3.64. The van der Waals surface area contributed by atoms with E-state index in [1.807, 2.05) is 0 Å². The molecule has 184 valence electrons. The number of anilines is 2. The highest BCUT2D eigenvalue weighted by atomic mass is 35.5. The molecule has 1 aromatic heterocycles. The van der Waals surface area contributed by atoms with Crippen LogP contribution in [-0.2, 0) is 26.9 Å². The summed E-state index contributed by atoms with van der Waals surface area (Å²) in [4.78, 5) is 27.5. The third-order valence-electron chi connectivity index (χ3n) is 4.27. The average molecular weight is 527 g/mol. The van der Waals surface area contributed by atoms with E-state index in [0.717, 1.165) is 23.5 Å². The third kappa shape index (κ3) is 7.97. The minimum Gasteiger partial charge on any atom is -0.480 e. The SMILES string of the molecule is COC(=O)COc1ccc(/C=N\NC(=O)Cc2csc(Nc3cccc(C(F)(F)F)c3)n2)cc1Cl. The predicted molar refractivity (Wildman–Crippen MR) is 125 cm³/mol. The summed E-state index contributed by atoms with van der Waals surface area (Å²) in [6.07, 6.45) is -3.16. The van der Waals surface area contributed by atoms with Crippen LogP contribution in [0, 0.1) is 0 Å². The number of halogens is 4. The van der Waals surface area contributed by atoms with E-state index >= 15 is 0 Å². The van der Waals surface area contributed by atoms with Crippen LogP contribution in [0.5, 0.6) is 5.75 Å². The van der Waals surface area contributed by atoms with Crippen molar-refractivity contribution in [2.45, 2.75) is 12.6 Å². The smallest absolute Gasteiger partial charge is 0.416 e. The number of carbonyl (C=O) groups is 2. The number of amides is 1. The molecular weight excluding hydrogens is 509 g/mol. The molecule has 3 rings (SSSR count). The zero-order chi connectivity index (χ0) is 25.4. The van der Waals surface area contributed by atoms with E-state index in [1.165, 1.54) is 31.5 Å². The quantitative estimate of drug-likeness (QED) is 0.236. The molecule has 35 heavy (non-hydrogen) atoms. The lowest BCUT2D eigenvalue weighted by Gasteiger charge is -2.08. The van der Waals surface area contributed by atoms with Gasteiger partial charge in [0.2, 0.25) is 5.91 Å². The fourth-order valence-electron chi connectivity index (χ4n) is 2.64. The minimum atomic E-state index is -4.45. The van der Waals surface area contributed by atoms with E-state index in [4.69, 9.17) is 16.3 Å². The number of carbonyl (C=O) groups excluding carboxylic acids is 2. The van der Waals surface area contributed by atoms with Gasteiger partial charge in [-0.1, -0.05) is 17.7 Å². The highest BCUT2D eigenvalue weighted by Gasteiger charge is 2.30. The van der Waals surface area contributed by atoms with Gasteiger partial charge in [-0.3, -0.25) is 4.79 Å². The molecular formula is C22H18ClF3N4O4S. The maximum Gasteiger partial charge on any atom is 0.416 e. The van der Waals surface area contributed by atoms with Crippen molar-refractivity contribution in [3.63, 3.8) is 0 Å². The minimum absolute atomic E-state index is 0.0842. The Bertz CT molecular complexity index is 1230. The van der Waals surface area contributed by atoms with E-state index < -0.39 is 23.6 Å². The molecule has 2 N–H and O–H groups in total. The number of rotatable bonds is 9. The molecule has 0 aliphatic heterocycles. The maximum absolute atomic E-state index is 12.8. The van der Waals surface area contributed by atoms with Crippen LogP contribution in [0.2, 0.25) is 5.02 Å². The van der Waals surface area contributed by atoms with E-state index in [1.54, 1.807) is 17.5 Å². The van der Waals surface area contributed by atoms with Crippen LogP contribution in [0.25, 0.3) is 0 Å². The van der Waals surface area contributed by atoms with Gasteiger partial charge in [0.25, 0.3) is 0 Å². The first-order chi connectivity index (χ1) is 16.6.